The number of hydrogen-bond donors (Lipinski definition) is 0. The predicted octanol–water partition coefficient (Wildman–Crippen LogP) is 1.64. The van der Waals surface area contributed by atoms with E-state index in [4.69, 9.17) is 4.74 Å². The highest BCUT2D eigenvalue weighted by Gasteiger charge is 2.35. The van der Waals surface area contributed by atoms with Crippen LogP contribution in [0.2, 0.25) is 0 Å². The molecule has 1 aromatic rings. The number of carbonyl (C=O) groups is 4. The van der Waals surface area contributed by atoms with Crippen molar-refractivity contribution in [2.45, 2.75) is 25.9 Å². The summed E-state index contributed by atoms with van der Waals surface area (Å²) in [4.78, 5) is 51.8. The second kappa shape index (κ2) is 7.11. The van der Waals surface area contributed by atoms with E-state index in [-0.39, 0.29) is 29.1 Å². The quantitative estimate of drug-likeness (QED) is 0.455. The Labute approximate surface area is 151 Å². The Balaban J connectivity index is 1.74. The summed E-state index contributed by atoms with van der Waals surface area (Å²) in [5, 5.41) is 0. The number of likely N-dealkylation sites (tertiary alicyclic amines) is 1. The summed E-state index contributed by atoms with van der Waals surface area (Å²) in [5.74, 6) is -1.81. The van der Waals surface area contributed by atoms with Crippen LogP contribution in [0.15, 0.2) is 30.9 Å². The van der Waals surface area contributed by atoms with Crippen LogP contribution in [0.25, 0.3) is 0 Å². The summed E-state index contributed by atoms with van der Waals surface area (Å²) in [6.45, 7) is 6.52. The second-order valence-electron chi connectivity index (χ2n) is 6.35. The predicted molar refractivity (Wildman–Crippen MR) is 92.7 cm³/mol. The van der Waals surface area contributed by atoms with Crippen LogP contribution < -0.4 is 0 Å². The van der Waals surface area contributed by atoms with Gasteiger partial charge in [0.1, 0.15) is 0 Å². The summed E-state index contributed by atoms with van der Waals surface area (Å²) in [6, 6.07) is 4.20. The maximum atomic E-state index is 12.4. The van der Waals surface area contributed by atoms with Gasteiger partial charge < -0.3 is 9.64 Å². The van der Waals surface area contributed by atoms with Crippen molar-refractivity contribution in [1.29, 1.82) is 0 Å². The summed E-state index contributed by atoms with van der Waals surface area (Å²) in [5.41, 5.74) is 0.533. The number of ether oxygens (including phenoxy) is 1. The van der Waals surface area contributed by atoms with Gasteiger partial charge in [0.2, 0.25) is 0 Å². The fourth-order valence-corrected chi connectivity index (χ4v) is 3.19. The molecule has 26 heavy (non-hydrogen) atoms. The van der Waals surface area contributed by atoms with Gasteiger partial charge in [0, 0.05) is 19.6 Å². The number of benzene rings is 1. The molecule has 0 aliphatic carbocycles. The number of amides is 3. The molecular weight excluding hydrogens is 336 g/mol. The van der Waals surface area contributed by atoms with E-state index in [2.05, 4.69) is 6.58 Å². The first-order valence-corrected chi connectivity index (χ1v) is 8.55. The zero-order chi connectivity index (χ0) is 18.8. The molecule has 0 radical (unpaired) electrons. The highest BCUT2D eigenvalue weighted by Crippen LogP contribution is 2.24. The molecule has 0 aromatic heterocycles. The third-order valence-corrected chi connectivity index (χ3v) is 4.57. The molecule has 1 saturated heterocycles. The first-order chi connectivity index (χ1) is 12.4. The van der Waals surface area contributed by atoms with Gasteiger partial charge in [0.15, 0.2) is 6.10 Å². The monoisotopic (exact) mass is 356 g/mol. The van der Waals surface area contributed by atoms with Crippen LogP contribution in [-0.2, 0) is 9.53 Å². The average molecular weight is 356 g/mol. The molecule has 3 amide bonds. The van der Waals surface area contributed by atoms with Crippen molar-refractivity contribution in [3.8, 4) is 0 Å². The van der Waals surface area contributed by atoms with Gasteiger partial charge in [-0.05, 0) is 38.0 Å². The summed E-state index contributed by atoms with van der Waals surface area (Å²) >= 11 is 0. The molecule has 136 valence electrons. The Kier molecular flexibility index (Phi) is 4.88. The molecule has 1 aromatic carbocycles. The standard InChI is InChI=1S/C19H20N2O5/c1-3-8-21-17(23)14-7-6-13(11-15(14)18(21)24)19(25)26-12(2)16(22)20-9-4-5-10-20/h3,6-7,11-12H,1,4-5,8-10H2,2H3/t12-/m0/s1. The molecule has 0 spiro atoms. The molecule has 2 heterocycles. The Bertz CT molecular complexity index is 795. The summed E-state index contributed by atoms with van der Waals surface area (Å²) in [7, 11) is 0. The van der Waals surface area contributed by atoms with Crippen LogP contribution in [0.4, 0.5) is 0 Å². The van der Waals surface area contributed by atoms with Crippen LogP contribution in [0.5, 0.6) is 0 Å². The number of fused-ring (bicyclic) bond motifs is 1. The summed E-state index contributed by atoms with van der Waals surface area (Å²) in [6.07, 6.45) is 2.47. The van der Waals surface area contributed by atoms with E-state index in [1.54, 1.807) is 4.90 Å². The first kappa shape index (κ1) is 17.8. The molecular formula is C19H20N2O5. The van der Waals surface area contributed by atoms with E-state index >= 15 is 0 Å². The highest BCUT2D eigenvalue weighted by molar-refractivity contribution is 6.22. The first-order valence-electron chi connectivity index (χ1n) is 8.55. The normalized spacial score (nSPS) is 17.3. The molecule has 3 rings (SSSR count). The Morgan fingerprint density at radius 2 is 1.85 bits per heavy atom. The molecule has 1 atom stereocenters. The third kappa shape index (κ3) is 3.12. The van der Waals surface area contributed by atoms with Crippen molar-refractivity contribution in [2.75, 3.05) is 19.6 Å². The van der Waals surface area contributed by atoms with E-state index in [1.807, 2.05) is 0 Å². The zero-order valence-electron chi connectivity index (χ0n) is 14.6. The maximum Gasteiger partial charge on any atom is 0.338 e. The minimum atomic E-state index is -0.900. The summed E-state index contributed by atoms with van der Waals surface area (Å²) < 4.78 is 5.25. The van der Waals surface area contributed by atoms with Crippen LogP contribution in [0, 0.1) is 0 Å². The van der Waals surface area contributed by atoms with E-state index < -0.39 is 23.9 Å². The van der Waals surface area contributed by atoms with Gasteiger partial charge >= 0.3 is 5.97 Å². The van der Waals surface area contributed by atoms with Crippen molar-refractivity contribution < 1.29 is 23.9 Å². The van der Waals surface area contributed by atoms with E-state index in [9.17, 15) is 19.2 Å². The van der Waals surface area contributed by atoms with Crippen molar-refractivity contribution in [2.24, 2.45) is 0 Å². The lowest BCUT2D eigenvalue weighted by atomic mass is 10.1. The zero-order valence-corrected chi connectivity index (χ0v) is 14.6. The van der Waals surface area contributed by atoms with Crippen LogP contribution in [0.1, 0.15) is 50.8 Å². The Hall–Kier alpha value is -2.96. The number of nitrogens with zero attached hydrogens (tertiary/aromatic N) is 2. The van der Waals surface area contributed by atoms with Crippen molar-refractivity contribution >= 4 is 23.7 Å². The number of esters is 1. The largest absolute Gasteiger partial charge is 0.449 e. The van der Waals surface area contributed by atoms with Gasteiger partial charge in [-0.15, -0.1) is 6.58 Å². The van der Waals surface area contributed by atoms with Gasteiger partial charge in [-0.25, -0.2) is 4.79 Å². The highest BCUT2D eigenvalue weighted by atomic mass is 16.5. The van der Waals surface area contributed by atoms with Gasteiger partial charge in [0.05, 0.1) is 16.7 Å². The van der Waals surface area contributed by atoms with Gasteiger partial charge in [-0.2, -0.15) is 0 Å². The molecule has 2 aliphatic heterocycles. The Morgan fingerprint density at radius 3 is 2.50 bits per heavy atom. The maximum absolute atomic E-state index is 12.4. The lowest BCUT2D eigenvalue weighted by Crippen LogP contribution is -2.38. The smallest absolute Gasteiger partial charge is 0.338 e. The third-order valence-electron chi connectivity index (χ3n) is 4.57. The van der Waals surface area contributed by atoms with E-state index in [0.717, 1.165) is 17.7 Å². The van der Waals surface area contributed by atoms with Crippen molar-refractivity contribution in [1.82, 2.24) is 9.80 Å². The number of rotatable bonds is 5. The number of carbonyl (C=O) groups excluding carboxylic acids is 4. The van der Waals surface area contributed by atoms with E-state index in [0.29, 0.717) is 13.1 Å². The van der Waals surface area contributed by atoms with Crippen LogP contribution in [-0.4, -0.2) is 59.2 Å². The number of imide groups is 1. The van der Waals surface area contributed by atoms with Crippen LogP contribution >= 0.6 is 0 Å². The lowest BCUT2D eigenvalue weighted by Gasteiger charge is -2.20. The molecule has 0 bridgehead atoms. The SMILES string of the molecule is C=CCN1C(=O)c2ccc(C(=O)O[C@@H](C)C(=O)N3CCCC3)cc2C1=O. The fraction of sp³-hybridized carbons (Fsp3) is 0.368. The lowest BCUT2D eigenvalue weighted by molar-refractivity contribution is -0.138. The van der Waals surface area contributed by atoms with Crippen molar-refractivity contribution in [3.63, 3.8) is 0 Å². The van der Waals surface area contributed by atoms with Gasteiger partial charge in [0.25, 0.3) is 17.7 Å². The Morgan fingerprint density at radius 1 is 1.19 bits per heavy atom. The molecule has 0 N–H and O–H groups in total. The molecule has 7 nitrogen and oxygen atoms in total. The fourth-order valence-electron chi connectivity index (χ4n) is 3.19. The van der Waals surface area contributed by atoms with Gasteiger partial charge in [-0.1, -0.05) is 6.08 Å². The molecule has 7 heteroatoms. The second-order valence-corrected chi connectivity index (χ2v) is 6.35. The van der Waals surface area contributed by atoms with Gasteiger partial charge in [-0.3, -0.25) is 19.3 Å². The minimum Gasteiger partial charge on any atom is -0.449 e. The molecule has 1 fully saturated rings. The molecule has 2 aliphatic rings. The molecule has 0 unspecified atom stereocenters. The van der Waals surface area contributed by atoms with Crippen LogP contribution in [0.3, 0.4) is 0 Å². The average Bonchev–Trinajstić information content (AvgIpc) is 3.25. The van der Waals surface area contributed by atoms with Crippen molar-refractivity contribution in [3.05, 3.63) is 47.5 Å². The molecule has 0 saturated carbocycles. The van der Waals surface area contributed by atoms with E-state index in [1.165, 1.54) is 31.2 Å². The topological polar surface area (TPSA) is 84.0 Å². The number of hydrogen-bond acceptors (Lipinski definition) is 5. The minimum absolute atomic E-state index is 0.105.